The molecule has 1 aromatic rings. The van der Waals surface area contributed by atoms with E-state index in [4.69, 9.17) is 0 Å². The van der Waals surface area contributed by atoms with Gasteiger partial charge in [0, 0.05) is 4.47 Å². The van der Waals surface area contributed by atoms with Gasteiger partial charge in [0.25, 0.3) is 5.91 Å². The lowest BCUT2D eigenvalue weighted by atomic mass is 9.92. The van der Waals surface area contributed by atoms with Crippen LogP contribution in [0, 0.1) is 0 Å². The highest BCUT2D eigenvalue weighted by Crippen LogP contribution is 2.40. The maximum Gasteiger partial charge on any atom is 0.322 e. The summed E-state index contributed by atoms with van der Waals surface area (Å²) in [6, 6.07) is 5.45. The van der Waals surface area contributed by atoms with E-state index in [-0.39, 0.29) is 5.91 Å². The topological polar surface area (TPSA) is 58.2 Å². The van der Waals surface area contributed by atoms with Crippen LogP contribution in [0.1, 0.15) is 17.5 Å². The minimum atomic E-state index is -0.837. The summed E-state index contributed by atoms with van der Waals surface area (Å²) in [4.78, 5) is 23.1. The van der Waals surface area contributed by atoms with E-state index in [2.05, 4.69) is 26.6 Å². The molecule has 0 bridgehead atoms. The third-order valence-electron chi connectivity index (χ3n) is 3.24. The molecule has 2 N–H and O–H groups in total. The molecule has 1 spiro atoms. The molecule has 16 heavy (non-hydrogen) atoms. The van der Waals surface area contributed by atoms with Crippen molar-refractivity contribution in [2.75, 3.05) is 0 Å². The van der Waals surface area contributed by atoms with Gasteiger partial charge in [-0.3, -0.25) is 10.1 Å². The van der Waals surface area contributed by atoms with Gasteiger partial charge in [0.1, 0.15) is 5.54 Å². The molecule has 1 atom stereocenters. The zero-order chi connectivity index (χ0) is 11.3. The minimum absolute atomic E-state index is 0.241. The Morgan fingerprint density at radius 2 is 2.12 bits per heavy atom. The van der Waals surface area contributed by atoms with Gasteiger partial charge in [0.15, 0.2) is 0 Å². The molecule has 1 fully saturated rings. The highest BCUT2D eigenvalue weighted by atomic mass is 79.9. The molecule has 4 nitrogen and oxygen atoms in total. The first-order chi connectivity index (χ1) is 7.62. The van der Waals surface area contributed by atoms with Crippen LogP contribution in [0.15, 0.2) is 22.7 Å². The van der Waals surface area contributed by atoms with Gasteiger partial charge < -0.3 is 5.32 Å². The van der Waals surface area contributed by atoms with Crippen LogP contribution in [-0.2, 0) is 16.8 Å². The standard InChI is InChI=1S/C11H9BrN2O2/c12-7-2-1-6-3-4-11(8(6)5-7)9(15)13-10(16)14-11/h1-2,5H,3-4H2,(H2,13,14,15,16)/t11-/m0/s1. The summed E-state index contributed by atoms with van der Waals surface area (Å²) in [5, 5.41) is 5.05. The number of imide groups is 1. The van der Waals surface area contributed by atoms with Gasteiger partial charge in [-0.15, -0.1) is 0 Å². The first-order valence-electron chi connectivity index (χ1n) is 5.04. The molecule has 5 heteroatoms. The molecule has 0 aromatic heterocycles. The summed E-state index contributed by atoms with van der Waals surface area (Å²) in [7, 11) is 0. The molecule has 1 aliphatic carbocycles. The van der Waals surface area contributed by atoms with Crippen molar-refractivity contribution in [1.82, 2.24) is 10.6 Å². The number of hydrogen-bond acceptors (Lipinski definition) is 2. The Morgan fingerprint density at radius 3 is 2.81 bits per heavy atom. The van der Waals surface area contributed by atoms with Gasteiger partial charge in [-0.05, 0) is 36.1 Å². The second-order valence-electron chi connectivity index (χ2n) is 4.12. The fourth-order valence-electron chi connectivity index (χ4n) is 2.48. The van der Waals surface area contributed by atoms with Crippen molar-refractivity contribution in [2.45, 2.75) is 18.4 Å². The normalized spacial score (nSPS) is 26.8. The van der Waals surface area contributed by atoms with Crippen molar-refractivity contribution < 1.29 is 9.59 Å². The third kappa shape index (κ3) is 1.15. The molecule has 0 radical (unpaired) electrons. The van der Waals surface area contributed by atoms with E-state index >= 15 is 0 Å². The van der Waals surface area contributed by atoms with Crippen molar-refractivity contribution >= 4 is 27.9 Å². The molecule has 1 aromatic carbocycles. The lowest BCUT2D eigenvalue weighted by molar-refractivity contribution is -0.124. The smallest absolute Gasteiger partial charge is 0.319 e. The van der Waals surface area contributed by atoms with Crippen molar-refractivity contribution in [3.8, 4) is 0 Å². The second kappa shape index (κ2) is 3.07. The van der Waals surface area contributed by atoms with E-state index in [1.54, 1.807) is 0 Å². The number of urea groups is 1. The Hall–Kier alpha value is -1.36. The minimum Gasteiger partial charge on any atom is -0.319 e. The highest BCUT2D eigenvalue weighted by molar-refractivity contribution is 9.10. The zero-order valence-electron chi connectivity index (χ0n) is 8.34. The van der Waals surface area contributed by atoms with Crippen LogP contribution >= 0.6 is 15.9 Å². The van der Waals surface area contributed by atoms with Crippen LogP contribution in [0.3, 0.4) is 0 Å². The second-order valence-corrected chi connectivity index (χ2v) is 5.03. The Balaban J connectivity index is 2.18. The van der Waals surface area contributed by atoms with Crippen molar-refractivity contribution in [3.63, 3.8) is 0 Å². The molecule has 3 amide bonds. The zero-order valence-corrected chi connectivity index (χ0v) is 9.93. The largest absolute Gasteiger partial charge is 0.322 e. The summed E-state index contributed by atoms with van der Waals surface area (Å²) >= 11 is 3.39. The quantitative estimate of drug-likeness (QED) is 0.707. The number of halogens is 1. The maximum absolute atomic E-state index is 11.9. The van der Waals surface area contributed by atoms with Gasteiger partial charge in [0.05, 0.1) is 0 Å². The summed E-state index contributed by atoms with van der Waals surface area (Å²) in [6.45, 7) is 0. The number of nitrogens with one attached hydrogen (secondary N) is 2. The molecule has 0 saturated carbocycles. The fraction of sp³-hybridized carbons (Fsp3) is 0.273. The first kappa shape index (κ1) is 9.84. The number of hydrogen-bond donors (Lipinski definition) is 2. The van der Waals surface area contributed by atoms with Crippen LogP contribution in [0.25, 0.3) is 0 Å². The summed E-state index contributed by atoms with van der Waals surface area (Å²) in [5.41, 5.74) is 1.20. The molecular formula is C11H9BrN2O2. The lowest BCUT2D eigenvalue weighted by Gasteiger charge is -2.21. The van der Waals surface area contributed by atoms with Gasteiger partial charge in [-0.1, -0.05) is 22.0 Å². The average Bonchev–Trinajstić information content (AvgIpc) is 2.71. The van der Waals surface area contributed by atoms with E-state index in [0.29, 0.717) is 6.42 Å². The number of benzene rings is 1. The van der Waals surface area contributed by atoms with Gasteiger partial charge in [0.2, 0.25) is 0 Å². The van der Waals surface area contributed by atoms with Gasteiger partial charge in [-0.25, -0.2) is 4.79 Å². The van der Waals surface area contributed by atoms with Crippen molar-refractivity contribution in [1.29, 1.82) is 0 Å². The molecule has 1 saturated heterocycles. The predicted molar refractivity (Wildman–Crippen MR) is 60.8 cm³/mol. The molecule has 0 unspecified atom stereocenters. The number of amides is 3. The van der Waals surface area contributed by atoms with E-state index < -0.39 is 11.6 Å². The Kier molecular flexibility index (Phi) is 1.89. The van der Waals surface area contributed by atoms with Crippen LogP contribution in [-0.4, -0.2) is 11.9 Å². The van der Waals surface area contributed by atoms with Gasteiger partial charge in [-0.2, -0.15) is 0 Å². The lowest BCUT2D eigenvalue weighted by Crippen LogP contribution is -2.41. The summed E-state index contributed by atoms with van der Waals surface area (Å²) < 4.78 is 0.918. The monoisotopic (exact) mass is 280 g/mol. The van der Waals surface area contributed by atoms with E-state index in [1.165, 1.54) is 0 Å². The number of rotatable bonds is 0. The number of aryl methyl sites for hydroxylation is 1. The third-order valence-corrected chi connectivity index (χ3v) is 3.74. The van der Waals surface area contributed by atoms with Crippen LogP contribution < -0.4 is 10.6 Å². The Morgan fingerprint density at radius 1 is 1.31 bits per heavy atom. The van der Waals surface area contributed by atoms with Gasteiger partial charge >= 0.3 is 6.03 Å². The summed E-state index contributed by atoms with van der Waals surface area (Å²) in [6.07, 6.45) is 1.45. The fourth-order valence-corrected chi connectivity index (χ4v) is 2.84. The van der Waals surface area contributed by atoms with E-state index in [9.17, 15) is 9.59 Å². The number of carbonyl (C=O) groups is 2. The van der Waals surface area contributed by atoms with E-state index in [1.807, 2.05) is 18.2 Å². The number of fused-ring (bicyclic) bond motifs is 2. The highest BCUT2D eigenvalue weighted by Gasteiger charge is 2.51. The predicted octanol–water partition coefficient (Wildman–Crippen LogP) is 1.43. The summed E-state index contributed by atoms with van der Waals surface area (Å²) in [5.74, 6) is -0.241. The van der Waals surface area contributed by atoms with Crippen molar-refractivity contribution in [3.05, 3.63) is 33.8 Å². The molecule has 3 rings (SSSR count). The van der Waals surface area contributed by atoms with Crippen LogP contribution in [0.2, 0.25) is 0 Å². The van der Waals surface area contributed by atoms with Crippen LogP contribution in [0.5, 0.6) is 0 Å². The molecule has 1 heterocycles. The van der Waals surface area contributed by atoms with Crippen LogP contribution in [0.4, 0.5) is 4.79 Å². The Labute approximate surface area is 101 Å². The molecule has 82 valence electrons. The number of carbonyl (C=O) groups excluding carboxylic acids is 2. The average molecular weight is 281 g/mol. The molecular weight excluding hydrogens is 272 g/mol. The SMILES string of the molecule is O=C1NC(=O)[C@@]2(CCc3ccc(Br)cc32)N1. The first-order valence-corrected chi connectivity index (χ1v) is 5.84. The molecule has 2 aliphatic rings. The molecule has 1 aliphatic heterocycles. The van der Waals surface area contributed by atoms with E-state index in [0.717, 1.165) is 22.0 Å². The van der Waals surface area contributed by atoms with Crippen molar-refractivity contribution in [2.24, 2.45) is 0 Å². The Bertz CT molecular complexity index is 515. The maximum atomic E-state index is 11.9.